The molecule has 0 aromatic heterocycles. The first kappa shape index (κ1) is 22.3. The average molecular weight is 428 g/mol. The predicted molar refractivity (Wildman–Crippen MR) is 89.7 cm³/mol. The zero-order valence-corrected chi connectivity index (χ0v) is 15.5. The minimum atomic E-state index is -4.47. The van der Waals surface area contributed by atoms with Crippen LogP contribution < -0.4 is 5.32 Å². The normalized spacial score (nSPS) is 29.6. The van der Waals surface area contributed by atoms with Crippen LogP contribution in [0.4, 0.5) is 13.2 Å². The zero-order valence-electron chi connectivity index (χ0n) is 14.6. The Labute approximate surface area is 161 Å². The minimum absolute atomic E-state index is 0.0649. The van der Waals surface area contributed by atoms with E-state index in [1.54, 1.807) is 0 Å². The van der Waals surface area contributed by atoms with Crippen molar-refractivity contribution in [3.05, 3.63) is 0 Å². The van der Waals surface area contributed by atoms with E-state index in [0.717, 1.165) is 18.7 Å². The molecule has 0 spiro atoms. The molecule has 158 valence electrons. The summed E-state index contributed by atoms with van der Waals surface area (Å²) in [5.41, 5.74) is -0.814. The Morgan fingerprint density at radius 3 is 2.36 bits per heavy atom. The van der Waals surface area contributed by atoms with Gasteiger partial charge in [-0.05, 0) is 0 Å². The molecule has 0 aromatic carbocycles. The van der Waals surface area contributed by atoms with Crippen LogP contribution in [0.3, 0.4) is 0 Å². The van der Waals surface area contributed by atoms with Gasteiger partial charge in [0.05, 0.1) is 25.0 Å². The number of carboxylic acid groups (broad SMARTS) is 2. The molecule has 2 rings (SSSR count). The van der Waals surface area contributed by atoms with Crippen molar-refractivity contribution in [2.75, 3.05) is 13.2 Å². The number of carbonyl (C=O) groups excluding carboxylic acids is 1. The summed E-state index contributed by atoms with van der Waals surface area (Å²) in [7, 11) is 0. The van der Waals surface area contributed by atoms with Gasteiger partial charge in [0.15, 0.2) is 5.17 Å². The van der Waals surface area contributed by atoms with Gasteiger partial charge < -0.3 is 25.0 Å². The third-order valence-corrected chi connectivity index (χ3v) is 5.35. The molecule has 0 radical (unpaired) electrons. The lowest BCUT2D eigenvalue weighted by Gasteiger charge is -2.42. The maximum atomic E-state index is 12.4. The number of nitrogens with zero attached hydrogens (tertiary/aromatic N) is 1. The van der Waals surface area contributed by atoms with Gasteiger partial charge in [-0.1, -0.05) is 11.8 Å². The molecule has 9 nitrogen and oxygen atoms in total. The zero-order chi connectivity index (χ0) is 21.1. The number of hydrogen-bond donors (Lipinski definition) is 3. The predicted octanol–water partition coefficient (Wildman–Crippen LogP) is 1.08. The molecule has 28 heavy (non-hydrogen) atoms. The second-order valence-corrected chi connectivity index (χ2v) is 7.47. The fourth-order valence-electron chi connectivity index (χ4n) is 3.20. The van der Waals surface area contributed by atoms with E-state index in [9.17, 15) is 37.8 Å². The summed E-state index contributed by atoms with van der Waals surface area (Å²) >= 11 is 0.861. The quantitative estimate of drug-likeness (QED) is 0.509. The molecule has 0 saturated carbocycles. The number of carbonyl (C=O) groups is 3. The first-order valence-electron chi connectivity index (χ1n) is 8.23. The van der Waals surface area contributed by atoms with Crippen LogP contribution in [-0.4, -0.2) is 70.2 Å². The highest BCUT2D eigenvalue weighted by atomic mass is 32.2. The van der Waals surface area contributed by atoms with Gasteiger partial charge in [0, 0.05) is 18.8 Å². The van der Waals surface area contributed by atoms with Crippen LogP contribution in [0.1, 0.15) is 19.8 Å². The summed E-state index contributed by atoms with van der Waals surface area (Å²) in [6, 6.07) is -0.838. The van der Waals surface area contributed by atoms with Crippen molar-refractivity contribution in [3.63, 3.8) is 0 Å². The summed E-state index contributed by atoms with van der Waals surface area (Å²) in [5, 5.41) is 20.5. The number of ether oxygens (including phenoxy) is 2. The smallest absolute Gasteiger partial charge is 0.405 e. The lowest BCUT2D eigenvalue weighted by atomic mass is 9.76. The van der Waals surface area contributed by atoms with Gasteiger partial charge in [-0.3, -0.25) is 19.4 Å². The number of amidine groups is 1. The second-order valence-electron chi connectivity index (χ2n) is 6.38. The Morgan fingerprint density at radius 2 is 1.82 bits per heavy atom. The van der Waals surface area contributed by atoms with E-state index in [1.807, 2.05) is 0 Å². The minimum Gasteiger partial charge on any atom is -0.481 e. The molecule has 2 aliphatic rings. The topological polar surface area (TPSA) is 135 Å². The lowest BCUT2D eigenvalue weighted by molar-refractivity contribution is -0.162. The van der Waals surface area contributed by atoms with Crippen LogP contribution in [-0.2, 0) is 23.9 Å². The SMILES string of the molecule is CC(=O)OC[C@@H]1O[C@@H]2SC(NCC(F)(F)F)=N[C@@H]2[C@H](CC(=O)O)[C@@H]1CC(=O)O. The van der Waals surface area contributed by atoms with Crippen LogP contribution in [0.15, 0.2) is 4.99 Å². The van der Waals surface area contributed by atoms with Crippen LogP contribution in [0.5, 0.6) is 0 Å². The Kier molecular flexibility index (Phi) is 7.15. The number of alkyl halides is 3. The van der Waals surface area contributed by atoms with E-state index in [0.29, 0.717) is 0 Å². The number of aliphatic carboxylic acids is 2. The number of hydrogen-bond acceptors (Lipinski definition) is 8. The van der Waals surface area contributed by atoms with E-state index in [-0.39, 0.29) is 11.8 Å². The van der Waals surface area contributed by atoms with Crippen molar-refractivity contribution < 1.29 is 47.2 Å². The molecule has 0 bridgehead atoms. The molecule has 1 saturated heterocycles. The number of nitrogens with one attached hydrogen (secondary N) is 1. The third kappa shape index (κ3) is 6.26. The van der Waals surface area contributed by atoms with Gasteiger partial charge in [0.25, 0.3) is 0 Å². The number of rotatable bonds is 7. The van der Waals surface area contributed by atoms with Crippen LogP contribution in [0, 0.1) is 11.8 Å². The molecule has 2 aliphatic heterocycles. The first-order valence-corrected chi connectivity index (χ1v) is 9.11. The number of fused-ring (bicyclic) bond motifs is 1. The van der Waals surface area contributed by atoms with Crippen molar-refractivity contribution in [2.45, 2.75) is 43.5 Å². The highest BCUT2D eigenvalue weighted by Crippen LogP contribution is 2.44. The molecule has 0 aromatic rings. The lowest BCUT2D eigenvalue weighted by Crippen LogP contribution is -2.50. The fourth-order valence-corrected chi connectivity index (χ4v) is 4.36. The Morgan fingerprint density at radius 1 is 1.21 bits per heavy atom. The first-order chi connectivity index (χ1) is 13.0. The van der Waals surface area contributed by atoms with Gasteiger partial charge in [0.2, 0.25) is 0 Å². The van der Waals surface area contributed by atoms with Gasteiger partial charge in [-0.2, -0.15) is 13.2 Å². The number of thioether (sulfide) groups is 1. The number of esters is 1. The Hall–Kier alpha value is -2.02. The second kappa shape index (κ2) is 8.99. The summed E-state index contributed by atoms with van der Waals surface area (Å²) in [5.74, 6) is -4.70. The van der Waals surface area contributed by atoms with E-state index in [1.165, 1.54) is 0 Å². The third-order valence-electron chi connectivity index (χ3n) is 4.26. The van der Waals surface area contributed by atoms with Crippen molar-refractivity contribution in [1.29, 1.82) is 0 Å². The van der Waals surface area contributed by atoms with Crippen LogP contribution in [0.25, 0.3) is 0 Å². The highest BCUT2D eigenvalue weighted by Gasteiger charge is 2.50. The van der Waals surface area contributed by atoms with E-state index >= 15 is 0 Å². The molecule has 0 unspecified atom stereocenters. The monoisotopic (exact) mass is 428 g/mol. The molecule has 13 heteroatoms. The van der Waals surface area contributed by atoms with E-state index in [4.69, 9.17) is 9.47 Å². The number of carboxylic acids is 2. The van der Waals surface area contributed by atoms with E-state index in [2.05, 4.69) is 10.3 Å². The molecule has 0 amide bonds. The fraction of sp³-hybridized carbons (Fsp3) is 0.733. The van der Waals surface area contributed by atoms with Gasteiger partial charge in [-0.15, -0.1) is 0 Å². The number of aliphatic imine (C=N–C) groups is 1. The van der Waals surface area contributed by atoms with Crippen LogP contribution >= 0.6 is 11.8 Å². The maximum absolute atomic E-state index is 12.4. The summed E-state index contributed by atoms with van der Waals surface area (Å²) in [6.07, 6.45) is -6.30. The molecular formula is C15H19F3N2O7S. The van der Waals surface area contributed by atoms with Crippen molar-refractivity contribution >= 4 is 34.8 Å². The molecule has 2 heterocycles. The largest absolute Gasteiger partial charge is 0.481 e. The Bertz CT molecular complexity index is 658. The molecular weight excluding hydrogens is 409 g/mol. The van der Waals surface area contributed by atoms with Crippen molar-refractivity contribution in [1.82, 2.24) is 5.32 Å². The van der Waals surface area contributed by atoms with Crippen molar-refractivity contribution in [2.24, 2.45) is 16.8 Å². The standard InChI is InChI=1S/C15H19F3N2O7S/c1-6(21)26-4-9-7(2-10(22)23)8(3-11(24)25)12-13(27-9)28-14(20-12)19-5-15(16,17)18/h7-9,12-13H,2-5H2,1H3,(H,19,20)(H,22,23)(H,24,25)/t7-,8+,9-,12+,13+/m0/s1. The molecule has 3 N–H and O–H groups in total. The average Bonchev–Trinajstić information content (AvgIpc) is 2.95. The molecule has 5 atom stereocenters. The maximum Gasteiger partial charge on any atom is 0.405 e. The summed E-state index contributed by atoms with van der Waals surface area (Å²) in [4.78, 5) is 37.8. The van der Waals surface area contributed by atoms with Crippen molar-refractivity contribution in [3.8, 4) is 0 Å². The number of halogens is 3. The molecule has 0 aliphatic carbocycles. The molecule has 1 fully saturated rings. The van der Waals surface area contributed by atoms with Crippen LogP contribution in [0.2, 0.25) is 0 Å². The Balaban J connectivity index is 2.24. The van der Waals surface area contributed by atoms with E-state index < -0.39 is 72.9 Å². The highest BCUT2D eigenvalue weighted by molar-refractivity contribution is 8.14. The van der Waals surface area contributed by atoms with Gasteiger partial charge in [0.1, 0.15) is 18.6 Å². The summed E-state index contributed by atoms with van der Waals surface area (Å²) in [6.45, 7) is -0.463. The van der Waals surface area contributed by atoms with Gasteiger partial charge >= 0.3 is 24.1 Å². The summed E-state index contributed by atoms with van der Waals surface area (Å²) < 4.78 is 47.9. The van der Waals surface area contributed by atoms with Gasteiger partial charge in [-0.25, -0.2) is 0 Å².